The van der Waals surface area contributed by atoms with Gasteiger partial charge in [0.25, 0.3) is 0 Å². The number of amides is 1. The van der Waals surface area contributed by atoms with E-state index in [4.69, 9.17) is 15.2 Å². The number of ether oxygens (including phenoxy) is 2. The van der Waals surface area contributed by atoms with Crippen LogP contribution in [0.2, 0.25) is 0 Å². The van der Waals surface area contributed by atoms with Crippen molar-refractivity contribution >= 4 is 16.9 Å². The number of halogens is 3. The van der Waals surface area contributed by atoms with Crippen LogP contribution < -0.4 is 5.73 Å². The van der Waals surface area contributed by atoms with Crippen molar-refractivity contribution in [3.05, 3.63) is 95.8 Å². The standard InChI is InChI=1S/C32H39F3N2O3/c1-21(2)19-30(36)23(4)39-24(5)40-31(38)37(18-10-12-25-11-8-15-27(20-25)32(33,34)35)22(3)28-17-9-14-26-13-6-7-16-29(26)28/h6-9,11,13-17,20-22,24,30H,4,10,12,18-19,36H2,1-3,5H3. The van der Waals surface area contributed by atoms with Gasteiger partial charge < -0.3 is 20.1 Å². The summed E-state index contributed by atoms with van der Waals surface area (Å²) in [5.74, 6) is 0.689. The first kappa shape index (κ1) is 31.0. The molecular formula is C32H39F3N2O3. The van der Waals surface area contributed by atoms with Crippen LogP contribution in [0.5, 0.6) is 0 Å². The summed E-state index contributed by atoms with van der Waals surface area (Å²) in [7, 11) is 0. The third-order valence-electron chi connectivity index (χ3n) is 6.82. The van der Waals surface area contributed by atoms with E-state index in [0.717, 1.165) is 28.5 Å². The molecule has 0 aromatic heterocycles. The molecule has 0 saturated carbocycles. The van der Waals surface area contributed by atoms with Crippen molar-refractivity contribution in [1.29, 1.82) is 0 Å². The van der Waals surface area contributed by atoms with Crippen molar-refractivity contribution in [3.63, 3.8) is 0 Å². The lowest BCUT2D eigenvalue weighted by atomic mass is 9.98. The molecule has 3 rings (SSSR count). The zero-order valence-corrected chi connectivity index (χ0v) is 23.6. The topological polar surface area (TPSA) is 64.8 Å². The monoisotopic (exact) mass is 556 g/mol. The number of fused-ring (bicyclic) bond motifs is 1. The van der Waals surface area contributed by atoms with Crippen LogP contribution in [0, 0.1) is 5.92 Å². The SMILES string of the molecule is C=C(OC(C)OC(=O)N(CCCc1cccc(C(F)(F)F)c1)C(C)c1cccc2ccccc12)C(N)CC(C)C. The first-order chi connectivity index (χ1) is 18.9. The zero-order chi connectivity index (χ0) is 29.4. The summed E-state index contributed by atoms with van der Waals surface area (Å²) in [4.78, 5) is 15.1. The van der Waals surface area contributed by atoms with E-state index >= 15 is 0 Å². The molecule has 3 unspecified atom stereocenters. The highest BCUT2D eigenvalue weighted by molar-refractivity contribution is 5.86. The van der Waals surface area contributed by atoms with E-state index in [-0.39, 0.29) is 18.6 Å². The lowest BCUT2D eigenvalue weighted by Gasteiger charge is -2.31. The third-order valence-corrected chi connectivity index (χ3v) is 6.82. The Labute approximate surface area is 234 Å². The zero-order valence-electron chi connectivity index (χ0n) is 23.6. The predicted molar refractivity (Wildman–Crippen MR) is 152 cm³/mol. The Hall–Kier alpha value is -3.52. The van der Waals surface area contributed by atoms with Crippen LogP contribution in [0.3, 0.4) is 0 Å². The van der Waals surface area contributed by atoms with Crippen LogP contribution in [0.4, 0.5) is 18.0 Å². The van der Waals surface area contributed by atoms with E-state index < -0.39 is 24.1 Å². The number of benzene rings is 3. The van der Waals surface area contributed by atoms with Gasteiger partial charge in [-0.15, -0.1) is 0 Å². The van der Waals surface area contributed by atoms with Gasteiger partial charge in [-0.05, 0) is 60.1 Å². The van der Waals surface area contributed by atoms with Crippen molar-refractivity contribution in [2.24, 2.45) is 11.7 Å². The minimum Gasteiger partial charge on any atom is -0.458 e. The highest BCUT2D eigenvalue weighted by atomic mass is 19.4. The van der Waals surface area contributed by atoms with Crippen LogP contribution in [-0.4, -0.2) is 29.9 Å². The summed E-state index contributed by atoms with van der Waals surface area (Å²) in [5.41, 5.74) is 6.94. The molecular weight excluding hydrogens is 517 g/mol. The second-order valence-electron chi connectivity index (χ2n) is 10.5. The number of nitrogens with two attached hydrogens (primary N) is 1. The summed E-state index contributed by atoms with van der Waals surface area (Å²) in [5, 5.41) is 2.04. The summed E-state index contributed by atoms with van der Waals surface area (Å²) >= 11 is 0. The van der Waals surface area contributed by atoms with Gasteiger partial charge in [-0.25, -0.2) is 4.79 Å². The van der Waals surface area contributed by atoms with Crippen LogP contribution in [0.25, 0.3) is 10.8 Å². The first-order valence-electron chi connectivity index (χ1n) is 13.6. The largest absolute Gasteiger partial charge is 0.458 e. The van der Waals surface area contributed by atoms with Crippen LogP contribution in [-0.2, 0) is 22.1 Å². The minimum atomic E-state index is -4.41. The van der Waals surface area contributed by atoms with Crippen molar-refractivity contribution in [1.82, 2.24) is 4.90 Å². The summed E-state index contributed by atoms with van der Waals surface area (Å²) < 4.78 is 50.9. The maximum absolute atomic E-state index is 13.5. The van der Waals surface area contributed by atoms with E-state index in [0.29, 0.717) is 36.5 Å². The van der Waals surface area contributed by atoms with Crippen LogP contribution in [0.1, 0.15) is 63.3 Å². The molecule has 2 N–H and O–H groups in total. The number of carbonyl (C=O) groups excluding carboxylic acids is 1. The predicted octanol–water partition coefficient (Wildman–Crippen LogP) is 8.24. The Morgan fingerprint density at radius 1 is 0.975 bits per heavy atom. The second kappa shape index (κ2) is 13.7. The molecule has 0 heterocycles. The molecule has 3 aromatic rings. The van der Waals surface area contributed by atoms with Gasteiger partial charge in [-0.2, -0.15) is 13.2 Å². The molecule has 0 fully saturated rings. The number of rotatable bonds is 12. The fourth-order valence-electron chi connectivity index (χ4n) is 4.76. The molecule has 0 bridgehead atoms. The average molecular weight is 557 g/mol. The number of hydrogen-bond donors (Lipinski definition) is 1. The van der Waals surface area contributed by atoms with Gasteiger partial charge in [0.15, 0.2) is 0 Å². The lowest BCUT2D eigenvalue weighted by Crippen LogP contribution is -2.38. The smallest absolute Gasteiger partial charge is 0.416 e. The van der Waals surface area contributed by atoms with Gasteiger partial charge in [-0.1, -0.05) is 81.1 Å². The van der Waals surface area contributed by atoms with Gasteiger partial charge in [0.1, 0.15) is 5.76 Å². The second-order valence-corrected chi connectivity index (χ2v) is 10.5. The van der Waals surface area contributed by atoms with Crippen molar-refractivity contribution in [3.8, 4) is 0 Å². The lowest BCUT2D eigenvalue weighted by molar-refractivity contribution is -0.137. The van der Waals surface area contributed by atoms with Gasteiger partial charge in [0.2, 0.25) is 6.29 Å². The van der Waals surface area contributed by atoms with Crippen molar-refractivity contribution < 1.29 is 27.4 Å². The maximum Gasteiger partial charge on any atom is 0.416 e. The Morgan fingerprint density at radius 2 is 1.65 bits per heavy atom. The summed E-state index contributed by atoms with van der Waals surface area (Å²) in [6.07, 6.45) is -4.45. The molecule has 40 heavy (non-hydrogen) atoms. The van der Waals surface area contributed by atoms with Crippen molar-refractivity contribution in [2.45, 2.75) is 71.5 Å². The average Bonchev–Trinajstić information content (AvgIpc) is 2.89. The molecule has 8 heteroatoms. The minimum absolute atomic E-state index is 0.264. The molecule has 216 valence electrons. The summed E-state index contributed by atoms with van der Waals surface area (Å²) in [6.45, 7) is 11.8. The summed E-state index contributed by atoms with van der Waals surface area (Å²) in [6, 6.07) is 18.3. The molecule has 5 nitrogen and oxygen atoms in total. The Morgan fingerprint density at radius 3 is 2.35 bits per heavy atom. The van der Waals surface area contributed by atoms with Gasteiger partial charge in [-0.3, -0.25) is 0 Å². The number of aryl methyl sites for hydroxylation is 1. The number of alkyl halides is 3. The van der Waals surface area contributed by atoms with Crippen molar-refractivity contribution in [2.75, 3.05) is 6.54 Å². The van der Waals surface area contributed by atoms with E-state index in [1.54, 1.807) is 17.9 Å². The molecule has 0 saturated heterocycles. The highest BCUT2D eigenvalue weighted by Gasteiger charge is 2.30. The molecule has 3 atom stereocenters. The van der Waals surface area contributed by atoms with E-state index in [1.807, 2.05) is 63.2 Å². The van der Waals surface area contributed by atoms with Gasteiger partial charge >= 0.3 is 12.3 Å². The quantitative estimate of drug-likeness (QED) is 0.180. The fraction of sp³-hybridized carbons (Fsp3) is 0.406. The van der Waals surface area contributed by atoms with Crippen LogP contribution >= 0.6 is 0 Å². The Kier molecular flexibility index (Phi) is 10.6. The number of carbonyl (C=O) groups is 1. The van der Waals surface area contributed by atoms with E-state index in [9.17, 15) is 18.0 Å². The molecule has 0 aliphatic carbocycles. The van der Waals surface area contributed by atoms with E-state index in [1.165, 1.54) is 6.07 Å². The fourth-order valence-corrected chi connectivity index (χ4v) is 4.76. The molecule has 3 aromatic carbocycles. The Balaban J connectivity index is 1.78. The van der Waals surface area contributed by atoms with Gasteiger partial charge in [0, 0.05) is 13.5 Å². The normalized spacial score (nSPS) is 14.0. The van der Waals surface area contributed by atoms with Gasteiger partial charge in [0.05, 0.1) is 17.6 Å². The number of nitrogens with zero attached hydrogens (tertiary/aromatic N) is 1. The molecule has 0 aliphatic heterocycles. The first-order valence-corrected chi connectivity index (χ1v) is 13.6. The molecule has 0 spiro atoms. The highest BCUT2D eigenvalue weighted by Crippen LogP contribution is 2.31. The maximum atomic E-state index is 13.5. The van der Waals surface area contributed by atoms with Crippen LogP contribution in [0.15, 0.2) is 79.1 Å². The number of hydrogen-bond acceptors (Lipinski definition) is 4. The molecule has 0 aliphatic rings. The molecule has 0 radical (unpaired) electrons. The Bertz CT molecular complexity index is 1290. The molecule has 1 amide bonds. The third kappa shape index (κ3) is 8.49. The van der Waals surface area contributed by atoms with E-state index in [2.05, 4.69) is 6.58 Å².